The normalized spacial score (nSPS) is 14.7. The van der Waals surface area contributed by atoms with Gasteiger partial charge in [0.1, 0.15) is 0 Å². The number of thioether (sulfide) groups is 1. The van der Waals surface area contributed by atoms with Crippen molar-refractivity contribution in [1.29, 1.82) is 0 Å². The van der Waals surface area contributed by atoms with E-state index >= 15 is 0 Å². The van der Waals surface area contributed by atoms with Crippen LogP contribution in [0.4, 0.5) is 0 Å². The van der Waals surface area contributed by atoms with E-state index in [0.29, 0.717) is 18.6 Å². The lowest BCUT2D eigenvalue weighted by Gasteiger charge is -2.35. The van der Waals surface area contributed by atoms with Gasteiger partial charge in [0.15, 0.2) is 0 Å². The van der Waals surface area contributed by atoms with Crippen molar-refractivity contribution in [3.05, 3.63) is 34.9 Å². The molecule has 0 fully saturated rings. The van der Waals surface area contributed by atoms with Crippen LogP contribution in [-0.2, 0) is 0 Å². The molecular formula is C16H28N2S. The second-order valence-corrected chi connectivity index (χ2v) is 6.21. The maximum Gasteiger partial charge on any atom is 0.0473 e. The van der Waals surface area contributed by atoms with Gasteiger partial charge >= 0.3 is 0 Å². The summed E-state index contributed by atoms with van der Waals surface area (Å²) >= 11 is 1.91. The molecule has 1 aromatic rings. The Morgan fingerprint density at radius 2 is 2.00 bits per heavy atom. The Hall–Kier alpha value is -0.510. The monoisotopic (exact) mass is 280 g/mol. The van der Waals surface area contributed by atoms with E-state index in [1.165, 1.54) is 23.1 Å². The molecule has 108 valence electrons. The van der Waals surface area contributed by atoms with Crippen molar-refractivity contribution in [2.75, 3.05) is 25.6 Å². The lowest BCUT2D eigenvalue weighted by atomic mass is 9.97. The van der Waals surface area contributed by atoms with Crippen LogP contribution in [0.25, 0.3) is 0 Å². The van der Waals surface area contributed by atoms with Crippen LogP contribution >= 0.6 is 11.8 Å². The Bertz CT molecular complexity index is 392. The van der Waals surface area contributed by atoms with E-state index in [1.54, 1.807) is 0 Å². The van der Waals surface area contributed by atoms with E-state index in [1.807, 2.05) is 11.8 Å². The molecule has 0 bridgehead atoms. The third-order valence-electron chi connectivity index (χ3n) is 3.91. The zero-order valence-electron chi connectivity index (χ0n) is 12.9. The molecule has 1 rings (SSSR count). The van der Waals surface area contributed by atoms with E-state index < -0.39 is 0 Å². The molecule has 0 amide bonds. The Morgan fingerprint density at radius 3 is 2.53 bits per heavy atom. The Morgan fingerprint density at radius 1 is 1.32 bits per heavy atom. The number of rotatable bonds is 7. The largest absolute Gasteiger partial charge is 0.329 e. The molecule has 0 spiro atoms. The fraction of sp³-hybridized carbons (Fsp3) is 0.625. The first kappa shape index (κ1) is 16.5. The van der Waals surface area contributed by atoms with Gasteiger partial charge in [0.2, 0.25) is 0 Å². The standard InChI is InChI=1S/C16H28N2S/c1-6-14(11-19-5)18(4)16(10-17)15-9-12(2)7-8-13(15)3/h7-9,14,16H,6,10-11,17H2,1-5H3. The minimum atomic E-state index is 0.317. The summed E-state index contributed by atoms with van der Waals surface area (Å²) in [5, 5.41) is 0. The van der Waals surface area contributed by atoms with Crippen molar-refractivity contribution in [3.8, 4) is 0 Å². The molecule has 0 saturated heterocycles. The number of aryl methyl sites for hydroxylation is 2. The highest BCUT2D eigenvalue weighted by molar-refractivity contribution is 7.98. The second-order valence-electron chi connectivity index (χ2n) is 5.29. The molecule has 3 heteroatoms. The van der Waals surface area contributed by atoms with Crippen molar-refractivity contribution in [1.82, 2.24) is 4.90 Å². The van der Waals surface area contributed by atoms with Crippen LogP contribution < -0.4 is 5.73 Å². The summed E-state index contributed by atoms with van der Waals surface area (Å²) < 4.78 is 0. The van der Waals surface area contributed by atoms with Crippen molar-refractivity contribution in [3.63, 3.8) is 0 Å². The minimum absolute atomic E-state index is 0.317. The molecule has 1 aromatic carbocycles. The van der Waals surface area contributed by atoms with Crippen LogP contribution in [0.5, 0.6) is 0 Å². The fourth-order valence-corrected chi connectivity index (χ4v) is 3.46. The molecule has 2 N–H and O–H groups in total. The molecule has 0 aliphatic carbocycles. The summed E-state index contributed by atoms with van der Waals surface area (Å²) in [6.07, 6.45) is 3.34. The average Bonchev–Trinajstić information content (AvgIpc) is 2.40. The molecule has 0 aliphatic rings. The van der Waals surface area contributed by atoms with Gasteiger partial charge in [-0.1, -0.05) is 30.7 Å². The van der Waals surface area contributed by atoms with Crippen LogP contribution in [0.1, 0.15) is 36.1 Å². The third-order valence-corrected chi connectivity index (χ3v) is 4.63. The maximum atomic E-state index is 6.06. The number of hydrogen-bond acceptors (Lipinski definition) is 3. The van der Waals surface area contributed by atoms with Gasteiger partial charge < -0.3 is 5.73 Å². The van der Waals surface area contributed by atoms with Crippen molar-refractivity contribution < 1.29 is 0 Å². The molecule has 0 aliphatic heterocycles. The second kappa shape index (κ2) is 7.93. The van der Waals surface area contributed by atoms with Gasteiger partial charge in [0.05, 0.1) is 0 Å². The van der Waals surface area contributed by atoms with Crippen LogP contribution in [0, 0.1) is 13.8 Å². The third kappa shape index (κ3) is 4.23. The van der Waals surface area contributed by atoms with E-state index in [2.05, 4.69) is 57.2 Å². The van der Waals surface area contributed by atoms with Gasteiger partial charge in [0.25, 0.3) is 0 Å². The molecule has 0 radical (unpaired) electrons. The first-order chi connectivity index (χ1) is 9.04. The van der Waals surface area contributed by atoms with Crippen molar-refractivity contribution in [2.45, 2.75) is 39.3 Å². The zero-order chi connectivity index (χ0) is 14.4. The number of hydrogen-bond donors (Lipinski definition) is 1. The Balaban J connectivity index is 3.01. The Labute approximate surface area is 122 Å². The van der Waals surface area contributed by atoms with Gasteiger partial charge in [-0.3, -0.25) is 4.90 Å². The van der Waals surface area contributed by atoms with Gasteiger partial charge in [-0.2, -0.15) is 11.8 Å². The summed E-state index contributed by atoms with van der Waals surface area (Å²) in [5.41, 5.74) is 10.1. The van der Waals surface area contributed by atoms with E-state index in [-0.39, 0.29) is 0 Å². The summed E-state index contributed by atoms with van der Waals surface area (Å²) in [6.45, 7) is 7.26. The van der Waals surface area contributed by atoms with Crippen molar-refractivity contribution >= 4 is 11.8 Å². The lowest BCUT2D eigenvalue weighted by Crippen LogP contribution is -2.40. The molecule has 0 aromatic heterocycles. The van der Waals surface area contributed by atoms with Crippen LogP contribution in [0.2, 0.25) is 0 Å². The summed E-state index contributed by atoms with van der Waals surface area (Å²) in [4.78, 5) is 2.46. The predicted octanol–water partition coefficient (Wildman–Crippen LogP) is 3.38. The first-order valence-corrected chi connectivity index (χ1v) is 8.42. The van der Waals surface area contributed by atoms with Crippen molar-refractivity contribution in [2.24, 2.45) is 5.73 Å². The lowest BCUT2D eigenvalue weighted by molar-refractivity contribution is 0.187. The highest BCUT2D eigenvalue weighted by atomic mass is 32.2. The average molecular weight is 280 g/mol. The minimum Gasteiger partial charge on any atom is -0.329 e. The smallest absolute Gasteiger partial charge is 0.0473 e. The topological polar surface area (TPSA) is 29.3 Å². The molecule has 0 heterocycles. The molecule has 0 saturated carbocycles. The molecule has 2 atom stereocenters. The number of nitrogens with zero attached hydrogens (tertiary/aromatic N) is 1. The van der Waals surface area contributed by atoms with Crippen LogP contribution in [0.3, 0.4) is 0 Å². The molecule has 2 unspecified atom stereocenters. The predicted molar refractivity (Wildman–Crippen MR) is 87.9 cm³/mol. The Kier molecular flexibility index (Phi) is 6.90. The maximum absolute atomic E-state index is 6.06. The molecule has 19 heavy (non-hydrogen) atoms. The highest BCUT2D eigenvalue weighted by Gasteiger charge is 2.23. The fourth-order valence-electron chi connectivity index (χ4n) is 2.60. The van der Waals surface area contributed by atoms with Crippen LogP contribution in [0.15, 0.2) is 18.2 Å². The SMILES string of the molecule is CCC(CSC)N(C)C(CN)c1cc(C)ccc1C. The number of likely N-dealkylation sites (N-methyl/N-ethyl adjacent to an activating group) is 1. The van der Waals surface area contributed by atoms with Gasteiger partial charge in [-0.15, -0.1) is 0 Å². The molecular weight excluding hydrogens is 252 g/mol. The van der Waals surface area contributed by atoms with Gasteiger partial charge in [0, 0.05) is 24.4 Å². The quantitative estimate of drug-likeness (QED) is 0.830. The summed E-state index contributed by atoms with van der Waals surface area (Å²) in [7, 11) is 2.21. The number of nitrogens with two attached hydrogens (primary N) is 1. The van der Waals surface area contributed by atoms with Crippen LogP contribution in [-0.4, -0.2) is 36.5 Å². The molecule has 2 nitrogen and oxygen atoms in total. The van der Waals surface area contributed by atoms with E-state index in [0.717, 1.165) is 5.75 Å². The van der Waals surface area contributed by atoms with E-state index in [4.69, 9.17) is 5.73 Å². The van der Waals surface area contributed by atoms with E-state index in [9.17, 15) is 0 Å². The van der Waals surface area contributed by atoms with Gasteiger partial charge in [-0.05, 0) is 44.7 Å². The first-order valence-electron chi connectivity index (χ1n) is 7.03. The summed E-state index contributed by atoms with van der Waals surface area (Å²) in [5.74, 6) is 1.16. The van der Waals surface area contributed by atoms with Gasteiger partial charge in [-0.25, -0.2) is 0 Å². The highest BCUT2D eigenvalue weighted by Crippen LogP contribution is 2.26. The zero-order valence-corrected chi connectivity index (χ0v) is 13.8. The number of benzene rings is 1. The summed E-state index contributed by atoms with van der Waals surface area (Å²) in [6, 6.07) is 7.57.